The van der Waals surface area contributed by atoms with E-state index in [0.29, 0.717) is 6.54 Å². The van der Waals surface area contributed by atoms with E-state index >= 15 is 0 Å². The molecule has 0 spiro atoms. The van der Waals surface area contributed by atoms with Crippen molar-refractivity contribution in [3.05, 3.63) is 54.5 Å². The van der Waals surface area contributed by atoms with E-state index in [4.69, 9.17) is 0 Å². The van der Waals surface area contributed by atoms with Crippen molar-refractivity contribution in [2.24, 2.45) is 7.05 Å². The average Bonchev–Trinajstić information content (AvgIpc) is 3.08. The Morgan fingerprint density at radius 3 is 2.93 bits per heavy atom. The van der Waals surface area contributed by atoms with Gasteiger partial charge in [0, 0.05) is 44.0 Å². The molecule has 1 saturated heterocycles. The lowest BCUT2D eigenvalue weighted by Gasteiger charge is -2.33. The Kier molecular flexibility index (Phi) is 4.84. The number of sulfonamides is 1. The molecule has 8 heteroatoms. The van der Waals surface area contributed by atoms with E-state index < -0.39 is 10.0 Å². The molecule has 0 aliphatic carbocycles. The first kappa shape index (κ1) is 17.9. The minimum atomic E-state index is -3.46. The molecule has 4 rings (SSSR count). The molecule has 0 radical (unpaired) electrons. The summed E-state index contributed by atoms with van der Waals surface area (Å²) >= 11 is 0. The van der Waals surface area contributed by atoms with Gasteiger partial charge >= 0.3 is 0 Å². The molecule has 1 aromatic carbocycles. The number of aromatic nitrogens is 3. The van der Waals surface area contributed by atoms with Crippen molar-refractivity contribution in [3.8, 4) is 0 Å². The van der Waals surface area contributed by atoms with E-state index in [-0.39, 0.29) is 11.8 Å². The van der Waals surface area contributed by atoms with Gasteiger partial charge in [0.1, 0.15) is 0 Å². The Balaban J connectivity index is 1.48. The molecule has 1 aliphatic heterocycles. The summed E-state index contributed by atoms with van der Waals surface area (Å²) in [7, 11) is -1.58. The third-order valence-corrected chi connectivity index (χ3v) is 6.27. The second-order valence-corrected chi connectivity index (χ2v) is 8.78. The van der Waals surface area contributed by atoms with Gasteiger partial charge in [0.25, 0.3) is 0 Å². The maximum atomic E-state index is 12.8. The predicted molar refractivity (Wildman–Crippen MR) is 106 cm³/mol. The van der Waals surface area contributed by atoms with Crippen LogP contribution in [0.5, 0.6) is 0 Å². The Morgan fingerprint density at radius 1 is 1.26 bits per heavy atom. The summed E-state index contributed by atoms with van der Waals surface area (Å²) in [4.78, 5) is 6.54. The zero-order chi connectivity index (χ0) is 18.9. The molecule has 0 amide bonds. The van der Waals surface area contributed by atoms with E-state index in [2.05, 4.69) is 19.7 Å². The highest BCUT2D eigenvalue weighted by atomic mass is 32.2. The number of pyridine rings is 1. The van der Waals surface area contributed by atoms with Crippen molar-refractivity contribution in [2.45, 2.75) is 24.6 Å². The van der Waals surface area contributed by atoms with Gasteiger partial charge in [0.05, 0.1) is 23.2 Å². The molecule has 3 heterocycles. The van der Waals surface area contributed by atoms with Gasteiger partial charge in [-0.05, 0) is 24.5 Å². The average molecular weight is 385 g/mol. The number of benzene rings is 1. The van der Waals surface area contributed by atoms with Gasteiger partial charge in [-0.3, -0.25) is 9.67 Å². The lowest BCUT2D eigenvalue weighted by Crippen LogP contribution is -2.48. The highest BCUT2D eigenvalue weighted by Crippen LogP contribution is 2.21. The second kappa shape index (κ2) is 7.28. The fourth-order valence-corrected chi connectivity index (χ4v) is 5.09. The lowest BCUT2D eigenvalue weighted by atomic mass is 10.1. The van der Waals surface area contributed by atoms with Crippen LogP contribution >= 0.6 is 0 Å². The van der Waals surface area contributed by atoms with Crippen LogP contribution in [0.15, 0.2) is 48.9 Å². The van der Waals surface area contributed by atoms with Crippen LogP contribution in [0.4, 0.5) is 5.69 Å². The molecule has 142 valence electrons. The molecule has 1 atom stereocenters. The summed E-state index contributed by atoms with van der Waals surface area (Å²) in [5.74, 6) is -0.0647. The largest absolute Gasteiger partial charge is 0.367 e. The highest BCUT2D eigenvalue weighted by Gasteiger charge is 2.25. The van der Waals surface area contributed by atoms with Crippen molar-refractivity contribution in [1.29, 1.82) is 0 Å². The normalized spacial score (nSPS) is 18.1. The summed E-state index contributed by atoms with van der Waals surface area (Å²) in [6, 6.07) is 9.34. The van der Waals surface area contributed by atoms with Gasteiger partial charge in [-0.2, -0.15) is 5.10 Å². The Labute approximate surface area is 159 Å². The van der Waals surface area contributed by atoms with E-state index in [1.54, 1.807) is 10.9 Å². The zero-order valence-electron chi connectivity index (χ0n) is 15.2. The Hall–Kier alpha value is -2.45. The van der Waals surface area contributed by atoms with Crippen LogP contribution in [0.25, 0.3) is 10.9 Å². The maximum absolute atomic E-state index is 12.8. The van der Waals surface area contributed by atoms with E-state index in [0.717, 1.165) is 41.5 Å². The third-order valence-electron chi connectivity index (χ3n) is 4.89. The van der Waals surface area contributed by atoms with Crippen LogP contribution in [0.2, 0.25) is 0 Å². The summed E-state index contributed by atoms with van der Waals surface area (Å²) in [5.41, 5.74) is 2.49. The smallest absolute Gasteiger partial charge is 0.216 e. The third kappa shape index (κ3) is 4.12. The zero-order valence-corrected chi connectivity index (χ0v) is 16.1. The summed E-state index contributed by atoms with van der Waals surface area (Å²) in [6.45, 7) is 1.57. The van der Waals surface area contributed by atoms with Gasteiger partial charge in [-0.25, -0.2) is 13.1 Å². The Bertz CT molecular complexity index is 1040. The number of rotatable bonds is 5. The summed E-state index contributed by atoms with van der Waals surface area (Å²) in [5, 5.41) is 5.16. The summed E-state index contributed by atoms with van der Waals surface area (Å²) in [6.07, 6.45) is 7.25. The molecular formula is C19H23N5O2S. The first-order valence-corrected chi connectivity index (χ1v) is 10.7. The fraction of sp³-hybridized carbons (Fsp3) is 0.368. The van der Waals surface area contributed by atoms with Crippen molar-refractivity contribution in [1.82, 2.24) is 19.5 Å². The molecule has 1 aliphatic rings. The van der Waals surface area contributed by atoms with Crippen molar-refractivity contribution < 1.29 is 8.42 Å². The van der Waals surface area contributed by atoms with Crippen LogP contribution in [-0.2, 0) is 22.8 Å². The van der Waals surface area contributed by atoms with Gasteiger partial charge in [-0.15, -0.1) is 0 Å². The molecule has 0 bridgehead atoms. The minimum absolute atomic E-state index is 0.0647. The first-order chi connectivity index (χ1) is 13.0. The molecule has 1 fully saturated rings. The SMILES string of the molecule is Cn1cc(N2CCC[C@@H](NS(=O)(=O)Cc3cccc4cccnc34)C2)cn1. The number of hydrogen-bond donors (Lipinski definition) is 1. The van der Waals surface area contributed by atoms with Crippen LogP contribution < -0.4 is 9.62 Å². The van der Waals surface area contributed by atoms with E-state index in [1.165, 1.54) is 0 Å². The molecule has 3 aromatic rings. The topological polar surface area (TPSA) is 80.1 Å². The molecule has 2 aromatic heterocycles. The van der Waals surface area contributed by atoms with Crippen molar-refractivity contribution in [2.75, 3.05) is 18.0 Å². The lowest BCUT2D eigenvalue weighted by molar-refractivity contribution is 0.465. The number of hydrogen-bond acceptors (Lipinski definition) is 5. The molecule has 0 unspecified atom stereocenters. The maximum Gasteiger partial charge on any atom is 0.216 e. The number of aryl methyl sites for hydroxylation is 1. The molecule has 1 N–H and O–H groups in total. The molecule has 7 nitrogen and oxygen atoms in total. The predicted octanol–water partition coefficient (Wildman–Crippen LogP) is 2.06. The first-order valence-electron chi connectivity index (χ1n) is 9.06. The van der Waals surface area contributed by atoms with Gasteiger partial charge in [0.2, 0.25) is 10.0 Å². The standard InChI is InChI=1S/C19H23N5O2S/c1-23-13-18(11-21-23)24-10-4-8-17(12-24)22-27(25,26)14-16-6-2-5-15-7-3-9-20-19(15)16/h2-3,5-7,9,11,13,17,22H,4,8,10,12,14H2,1H3/t17-/m1/s1. The molecule has 27 heavy (non-hydrogen) atoms. The van der Waals surface area contributed by atoms with Gasteiger partial charge in [0.15, 0.2) is 0 Å². The van der Waals surface area contributed by atoms with Crippen molar-refractivity contribution in [3.63, 3.8) is 0 Å². The number of piperidine rings is 1. The fourth-order valence-electron chi connectivity index (χ4n) is 3.66. The number of nitrogens with zero attached hydrogens (tertiary/aromatic N) is 4. The number of para-hydroxylation sites is 1. The highest BCUT2D eigenvalue weighted by molar-refractivity contribution is 7.88. The quantitative estimate of drug-likeness (QED) is 0.727. The van der Waals surface area contributed by atoms with Gasteiger partial charge < -0.3 is 4.90 Å². The van der Waals surface area contributed by atoms with Crippen molar-refractivity contribution >= 4 is 26.6 Å². The van der Waals surface area contributed by atoms with E-state index in [9.17, 15) is 8.42 Å². The van der Waals surface area contributed by atoms with Crippen LogP contribution in [0.1, 0.15) is 18.4 Å². The number of nitrogens with one attached hydrogen (secondary N) is 1. The van der Waals surface area contributed by atoms with Gasteiger partial charge in [-0.1, -0.05) is 24.3 Å². The molecular weight excluding hydrogens is 362 g/mol. The van der Waals surface area contributed by atoms with Crippen LogP contribution in [0, 0.1) is 0 Å². The van der Waals surface area contributed by atoms with Crippen LogP contribution in [0.3, 0.4) is 0 Å². The second-order valence-electron chi connectivity index (χ2n) is 7.03. The monoisotopic (exact) mass is 385 g/mol. The Morgan fingerprint density at radius 2 is 2.11 bits per heavy atom. The number of fused-ring (bicyclic) bond motifs is 1. The minimum Gasteiger partial charge on any atom is -0.367 e. The summed E-state index contributed by atoms with van der Waals surface area (Å²) < 4.78 is 30.2. The molecule has 0 saturated carbocycles. The van der Waals surface area contributed by atoms with E-state index in [1.807, 2.05) is 49.8 Å². The van der Waals surface area contributed by atoms with Crippen LogP contribution in [-0.4, -0.2) is 42.3 Å². The number of anilines is 1.